The van der Waals surface area contributed by atoms with Crippen molar-refractivity contribution >= 4 is 33.0 Å². The molecule has 3 rings (SSSR count). The lowest BCUT2D eigenvalue weighted by molar-refractivity contribution is 0.0565. The molecule has 1 fully saturated rings. The van der Waals surface area contributed by atoms with Gasteiger partial charge in [-0.1, -0.05) is 0 Å². The number of hydrogen-bond donors (Lipinski definition) is 3. The minimum Gasteiger partial charge on any atom is -0.497 e. The van der Waals surface area contributed by atoms with E-state index in [1.165, 1.54) is 11.3 Å². The smallest absolute Gasteiger partial charge is 0.263 e. The molecule has 0 saturated heterocycles. The van der Waals surface area contributed by atoms with E-state index in [9.17, 15) is 9.90 Å². The molecular formula is C14H16N2O3S. The van der Waals surface area contributed by atoms with Gasteiger partial charge in [-0.2, -0.15) is 0 Å². The Morgan fingerprint density at radius 3 is 2.90 bits per heavy atom. The third kappa shape index (κ3) is 2.21. The maximum Gasteiger partial charge on any atom is 0.263 e. The molecule has 0 bridgehead atoms. The number of rotatable bonds is 3. The monoisotopic (exact) mass is 292 g/mol. The van der Waals surface area contributed by atoms with Gasteiger partial charge >= 0.3 is 0 Å². The average Bonchev–Trinajstić information content (AvgIpc) is 2.73. The number of nitrogens with two attached hydrogens (primary N) is 1. The third-order valence-corrected chi connectivity index (χ3v) is 4.76. The second kappa shape index (κ2) is 4.96. The summed E-state index contributed by atoms with van der Waals surface area (Å²) in [4.78, 5) is 12.7. The predicted molar refractivity (Wildman–Crippen MR) is 79.3 cm³/mol. The molecule has 0 spiro atoms. The van der Waals surface area contributed by atoms with Crippen LogP contribution in [0.3, 0.4) is 0 Å². The summed E-state index contributed by atoms with van der Waals surface area (Å²) in [5.74, 6) is 0.576. The number of thiophene rings is 1. The van der Waals surface area contributed by atoms with E-state index in [1.807, 2.05) is 18.2 Å². The Kier molecular flexibility index (Phi) is 3.27. The number of aliphatic hydroxyl groups is 1. The van der Waals surface area contributed by atoms with Gasteiger partial charge in [0.05, 0.1) is 18.9 Å². The molecular weight excluding hydrogens is 276 g/mol. The van der Waals surface area contributed by atoms with Gasteiger partial charge < -0.3 is 20.9 Å². The quantitative estimate of drug-likeness (QED) is 0.804. The summed E-state index contributed by atoms with van der Waals surface area (Å²) < 4.78 is 6.10. The van der Waals surface area contributed by atoms with Gasteiger partial charge in [0.25, 0.3) is 5.91 Å². The molecule has 6 heteroatoms. The van der Waals surface area contributed by atoms with Crippen LogP contribution in [0, 0.1) is 0 Å². The summed E-state index contributed by atoms with van der Waals surface area (Å²) >= 11 is 1.36. The SMILES string of the molecule is COc1ccc2c(N)c(C(=O)NC3CC(O)C3)sc2c1. The van der Waals surface area contributed by atoms with Crippen molar-refractivity contribution < 1.29 is 14.6 Å². The van der Waals surface area contributed by atoms with Gasteiger partial charge in [-0.25, -0.2) is 0 Å². The zero-order valence-electron chi connectivity index (χ0n) is 11.1. The summed E-state index contributed by atoms with van der Waals surface area (Å²) in [6.07, 6.45) is 0.943. The number of fused-ring (bicyclic) bond motifs is 1. The van der Waals surface area contributed by atoms with Crippen molar-refractivity contribution in [2.75, 3.05) is 12.8 Å². The number of amides is 1. The predicted octanol–water partition coefficient (Wildman–Crippen LogP) is 1.75. The Morgan fingerprint density at radius 1 is 1.50 bits per heavy atom. The minimum absolute atomic E-state index is 0.0525. The van der Waals surface area contributed by atoms with E-state index in [-0.39, 0.29) is 18.1 Å². The molecule has 0 atom stereocenters. The highest BCUT2D eigenvalue weighted by atomic mass is 32.1. The van der Waals surface area contributed by atoms with Crippen LogP contribution in [0.2, 0.25) is 0 Å². The van der Waals surface area contributed by atoms with Crippen molar-refractivity contribution in [2.45, 2.75) is 25.0 Å². The van der Waals surface area contributed by atoms with Crippen LogP contribution in [0.15, 0.2) is 18.2 Å². The molecule has 5 nitrogen and oxygen atoms in total. The van der Waals surface area contributed by atoms with Gasteiger partial charge in [0.1, 0.15) is 10.6 Å². The number of carbonyl (C=O) groups is 1. The summed E-state index contributed by atoms with van der Waals surface area (Å²) in [6.45, 7) is 0. The Morgan fingerprint density at radius 2 is 2.25 bits per heavy atom. The zero-order chi connectivity index (χ0) is 14.3. The minimum atomic E-state index is -0.288. The van der Waals surface area contributed by atoms with Gasteiger partial charge in [-0.3, -0.25) is 4.79 Å². The lowest BCUT2D eigenvalue weighted by atomic mass is 9.89. The number of ether oxygens (including phenoxy) is 1. The average molecular weight is 292 g/mol. The van der Waals surface area contributed by atoms with Gasteiger partial charge in [-0.05, 0) is 31.0 Å². The van der Waals surface area contributed by atoms with E-state index in [4.69, 9.17) is 10.5 Å². The maximum absolute atomic E-state index is 12.2. The number of methoxy groups -OCH3 is 1. The van der Waals surface area contributed by atoms with Crippen LogP contribution in [-0.2, 0) is 0 Å². The molecule has 20 heavy (non-hydrogen) atoms. The van der Waals surface area contributed by atoms with Crippen LogP contribution in [0.5, 0.6) is 5.75 Å². The first-order chi connectivity index (χ1) is 9.58. The van der Waals surface area contributed by atoms with E-state index < -0.39 is 0 Å². The molecule has 0 radical (unpaired) electrons. The lowest BCUT2D eigenvalue weighted by Gasteiger charge is -2.31. The van der Waals surface area contributed by atoms with Crippen LogP contribution in [0.4, 0.5) is 5.69 Å². The highest BCUT2D eigenvalue weighted by Gasteiger charge is 2.29. The number of anilines is 1. The van der Waals surface area contributed by atoms with Gasteiger partial charge in [0.15, 0.2) is 0 Å². The van der Waals surface area contributed by atoms with Crippen LogP contribution in [0.25, 0.3) is 10.1 Å². The number of nitrogen functional groups attached to an aromatic ring is 1. The summed E-state index contributed by atoms with van der Waals surface area (Å²) in [6, 6.07) is 5.62. The highest BCUT2D eigenvalue weighted by Crippen LogP contribution is 2.36. The maximum atomic E-state index is 12.2. The highest BCUT2D eigenvalue weighted by molar-refractivity contribution is 7.21. The zero-order valence-corrected chi connectivity index (χ0v) is 11.9. The lowest BCUT2D eigenvalue weighted by Crippen LogP contribution is -2.46. The Labute approximate surface area is 120 Å². The Balaban J connectivity index is 1.87. The molecule has 1 aromatic carbocycles. The second-order valence-electron chi connectivity index (χ2n) is 5.00. The molecule has 2 aromatic rings. The molecule has 4 N–H and O–H groups in total. The van der Waals surface area contributed by atoms with Gasteiger partial charge in [0.2, 0.25) is 0 Å². The van der Waals surface area contributed by atoms with Crippen molar-refractivity contribution in [1.29, 1.82) is 0 Å². The van der Waals surface area contributed by atoms with Crippen LogP contribution in [-0.4, -0.2) is 30.3 Å². The first-order valence-electron chi connectivity index (χ1n) is 6.43. The van der Waals surface area contributed by atoms with Gasteiger partial charge in [-0.15, -0.1) is 11.3 Å². The van der Waals surface area contributed by atoms with Crippen molar-refractivity contribution in [3.05, 3.63) is 23.1 Å². The fourth-order valence-electron chi connectivity index (χ4n) is 2.35. The van der Waals surface area contributed by atoms with Gasteiger partial charge in [0, 0.05) is 16.1 Å². The molecule has 1 saturated carbocycles. The van der Waals surface area contributed by atoms with Crippen LogP contribution >= 0.6 is 11.3 Å². The number of nitrogens with one attached hydrogen (secondary N) is 1. The van der Waals surface area contributed by atoms with Crippen LogP contribution in [0.1, 0.15) is 22.5 Å². The number of hydrogen-bond acceptors (Lipinski definition) is 5. The number of aliphatic hydroxyl groups excluding tert-OH is 1. The molecule has 1 aliphatic rings. The topological polar surface area (TPSA) is 84.6 Å². The van der Waals surface area contributed by atoms with Crippen molar-refractivity contribution in [3.8, 4) is 5.75 Å². The van der Waals surface area contributed by atoms with Crippen molar-refractivity contribution in [3.63, 3.8) is 0 Å². The molecule has 1 aliphatic carbocycles. The molecule has 0 unspecified atom stereocenters. The van der Waals surface area contributed by atoms with E-state index in [0.717, 1.165) is 15.8 Å². The Hall–Kier alpha value is -1.79. The first-order valence-corrected chi connectivity index (χ1v) is 7.25. The van der Waals surface area contributed by atoms with Crippen LogP contribution < -0.4 is 15.8 Å². The van der Waals surface area contributed by atoms with E-state index >= 15 is 0 Å². The van der Waals surface area contributed by atoms with E-state index in [1.54, 1.807) is 7.11 Å². The first kappa shape index (κ1) is 13.2. The summed E-state index contributed by atoms with van der Waals surface area (Å²) in [5.41, 5.74) is 6.56. The normalized spacial score (nSPS) is 21.5. The molecule has 1 aromatic heterocycles. The Bertz CT molecular complexity index is 662. The molecule has 1 amide bonds. The van der Waals surface area contributed by atoms with E-state index in [0.29, 0.717) is 23.4 Å². The third-order valence-electron chi connectivity index (χ3n) is 3.59. The number of carbonyl (C=O) groups excluding carboxylic acids is 1. The second-order valence-corrected chi connectivity index (χ2v) is 6.05. The molecule has 0 aliphatic heterocycles. The standard InChI is InChI=1S/C14H16N2O3S/c1-19-9-2-3-10-11(6-9)20-13(12(10)15)14(18)16-7-4-8(17)5-7/h2-3,6-8,17H,4-5,15H2,1H3,(H,16,18). The molecule has 1 heterocycles. The fraction of sp³-hybridized carbons (Fsp3) is 0.357. The molecule has 106 valence electrons. The number of benzene rings is 1. The summed E-state index contributed by atoms with van der Waals surface area (Å²) in [7, 11) is 1.60. The van der Waals surface area contributed by atoms with E-state index in [2.05, 4.69) is 5.32 Å². The van der Waals surface area contributed by atoms with Crippen molar-refractivity contribution in [2.24, 2.45) is 0 Å². The van der Waals surface area contributed by atoms with Crippen molar-refractivity contribution in [1.82, 2.24) is 5.32 Å². The largest absolute Gasteiger partial charge is 0.497 e. The summed E-state index contributed by atoms with van der Waals surface area (Å²) in [5, 5.41) is 13.0. The fourth-order valence-corrected chi connectivity index (χ4v) is 3.40.